The molecule has 3 aromatic carbocycles. The zero-order chi connectivity index (χ0) is 26.1. The van der Waals surface area contributed by atoms with E-state index >= 15 is 0 Å². The van der Waals surface area contributed by atoms with E-state index in [1.165, 1.54) is 12.1 Å². The Kier molecular flexibility index (Phi) is 6.66. The minimum atomic E-state index is -0.335. The molecule has 0 bridgehead atoms. The van der Waals surface area contributed by atoms with E-state index in [4.69, 9.17) is 9.72 Å². The van der Waals surface area contributed by atoms with Gasteiger partial charge < -0.3 is 25.3 Å². The summed E-state index contributed by atoms with van der Waals surface area (Å²) in [5, 5.41) is 6.69. The van der Waals surface area contributed by atoms with Gasteiger partial charge in [-0.05, 0) is 60.9 Å². The van der Waals surface area contributed by atoms with Gasteiger partial charge in [-0.2, -0.15) is 0 Å². The fraction of sp³-hybridized carbons (Fsp3) is 0.267. The molecule has 2 aliphatic heterocycles. The van der Waals surface area contributed by atoms with Crippen molar-refractivity contribution in [3.63, 3.8) is 0 Å². The fourth-order valence-corrected chi connectivity index (χ4v) is 5.35. The van der Waals surface area contributed by atoms with Crippen LogP contribution in [-0.4, -0.2) is 60.2 Å². The van der Waals surface area contributed by atoms with Crippen molar-refractivity contribution in [3.05, 3.63) is 89.5 Å². The van der Waals surface area contributed by atoms with Gasteiger partial charge in [-0.1, -0.05) is 24.3 Å². The number of halogens is 1. The molecule has 1 amide bonds. The molecule has 0 saturated carbocycles. The van der Waals surface area contributed by atoms with Crippen molar-refractivity contribution in [2.24, 2.45) is 0 Å². The molecule has 0 aliphatic carbocycles. The van der Waals surface area contributed by atoms with Crippen LogP contribution in [0.5, 0.6) is 0 Å². The molecule has 0 unspecified atom stereocenters. The van der Waals surface area contributed by atoms with Gasteiger partial charge in [0.05, 0.1) is 23.2 Å². The van der Waals surface area contributed by atoms with E-state index in [1.807, 2.05) is 42.5 Å². The Labute approximate surface area is 220 Å². The van der Waals surface area contributed by atoms with Gasteiger partial charge in [-0.25, -0.2) is 9.37 Å². The molecule has 3 heterocycles. The molecular weight excluding hydrogens is 481 g/mol. The number of piperidine rings is 1. The zero-order valence-corrected chi connectivity index (χ0v) is 21.3. The lowest BCUT2D eigenvalue weighted by atomic mass is 9.94. The van der Waals surface area contributed by atoms with Crippen LogP contribution in [0, 0.1) is 5.82 Å². The first-order valence-corrected chi connectivity index (χ1v) is 13.0. The number of nitrogens with zero attached hydrogens (tertiary/aromatic N) is 2. The van der Waals surface area contributed by atoms with Gasteiger partial charge >= 0.3 is 0 Å². The van der Waals surface area contributed by atoms with Crippen LogP contribution < -0.4 is 10.6 Å². The summed E-state index contributed by atoms with van der Waals surface area (Å²) >= 11 is 0. The van der Waals surface area contributed by atoms with Crippen molar-refractivity contribution >= 4 is 39.5 Å². The molecular formula is C30H30FN5O2. The number of nitrogens with one attached hydrogen (secondary N) is 3. The number of anilines is 2. The number of imidazole rings is 1. The Bertz CT molecular complexity index is 1470. The number of carbonyl (C=O) groups is 1. The van der Waals surface area contributed by atoms with Crippen LogP contribution in [0.2, 0.25) is 0 Å². The second kappa shape index (κ2) is 10.4. The third kappa shape index (κ3) is 4.80. The summed E-state index contributed by atoms with van der Waals surface area (Å²) in [6.45, 7) is 3.76. The highest BCUT2D eigenvalue weighted by Crippen LogP contribution is 2.41. The number of H-pyrrole nitrogens is 1. The van der Waals surface area contributed by atoms with Crippen molar-refractivity contribution < 1.29 is 13.9 Å². The van der Waals surface area contributed by atoms with Gasteiger partial charge in [0.2, 0.25) is 0 Å². The summed E-state index contributed by atoms with van der Waals surface area (Å²) in [7, 11) is 1.74. The first-order chi connectivity index (χ1) is 18.6. The van der Waals surface area contributed by atoms with Crippen LogP contribution >= 0.6 is 0 Å². The average molecular weight is 512 g/mol. The molecule has 0 spiro atoms. The number of rotatable bonds is 7. The summed E-state index contributed by atoms with van der Waals surface area (Å²) < 4.78 is 19.1. The molecule has 1 fully saturated rings. The van der Waals surface area contributed by atoms with Crippen LogP contribution in [0.15, 0.2) is 66.7 Å². The Morgan fingerprint density at radius 1 is 1.11 bits per heavy atom. The number of hydrogen-bond acceptors (Lipinski definition) is 5. The molecule has 8 heteroatoms. The van der Waals surface area contributed by atoms with Crippen molar-refractivity contribution in [2.75, 3.05) is 44.0 Å². The fourth-order valence-electron chi connectivity index (χ4n) is 5.35. The number of para-hydroxylation sites is 2. The molecule has 7 nitrogen and oxygen atoms in total. The van der Waals surface area contributed by atoms with Crippen LogP contribution in [0.1, 0.15) is 29.8 Å². The summed E-state index contributed by atoms with van der Waals surface area (Å²) in [4.78, 5) is 24.0. The SMILES string of the molecule is COCCN1CCC(Nc2ccc3c(c2)/C(=C(\c2ccc(F)cc2)c2nc4ccccc4[nH]2)C(=O)N3)CC1. The molecule has 6 rings (SSSR count). The van der Waals surface area contributed by atoms with E-state index in [1.54, 1.807) is 19.2 Å². The standard InChI is InChI=1S/C30H30FN5O2/c1-38-17-16-36-14-12-21(13-15-36)32-22-10-11-24-23(18-22)28(30(37)35-24)27(19-6-8-20(31)9-7-19)29-33-25-4-2-3-5-26(25)34-29/h2-11,18,21,32H,12-17H2,1H3,(H,33,34)(H,35,37)/b28-27-. The van der Waals surface area contributed by atoms with Crippen LogP contribution in [0.25, 0.3) is 22.2 Å². The largest absolute Gasteiger partial charge is 0.383 e. The summed E-state index contributed by atoms with van der Waals surface area (Å²) in [6, 6.07) is 20.3. The van der Waals surface area contributed by atoms with Gasteiger partial charge in [-0.15, -0.1) is 0 Å². The lowest BCUT2D eigenvalue weighted by molar-refractivity contribution is -0.110. The number of hydrogen-bond donors (Lipinski definition) is 3. The van der Waals surface area contributed by atoms with Crippen molar-refractivity contribution in [1.29, 1.82) is 0 Å². The van der Waals surface area contributed by atoms with E-state index in [2.05, 4.69) is 20.5 Å². The normalized spacial score (nSPS) is 17.5. The monoisotopic (exact) mass is 511 g/mol. The number of likely N-dealkylation sites (tertiary alicyclic amines) is 1. The topological polar surface area (TPSA) is 82.3 Å². The molecule has 0 radical (unpaired) electrons. The third-order valence-electron chi connectivity index (χ3n) is 7.34. The number of benzene rings is 3. The van der Waals surface area contributed by atoms with Gasteiger partial charge in [-0.3, -0.25) is 4.79 Å². The first kappa shape index (κ1) is 24.3. The second-order valence-corrected chi connectivity index (χ2v) is 9.83. The molecule has 38 heavy (non-hydrogen) atoms. The lowest BCUT2D eigenvalue weighted by Gasteiger charge is -2.32. The van der Waals surface area contributed by atoms with E-state index in [9.17, 15) is 9.18 Å². The van der Waals surface area contributed by atoms with Crippen LogP contribution in [0.4, 0.5) is 15.8 Å². The van der Waals surface area contributed by atoms with Crippen molar-refractivity contribution in [1.82, 2.24) is 14.9 Å². The second-order valence-electron chi connectivity index (χ2n) is 9.83. The predicted octanol–water partition coefficient (Wildman–Crippen LogP) is 5.14. The van der Waals surface area contributed by atoms with Crippen molar-refractivity contribution in [2.45, 2.75) is 18.9 Å². The molecule has 1 saturated heterocycles. The van der Waals surface area contributed by atoms with Gasteiger partial charge in [0, 0.05) is 55.3 Å². The van der Waals surface area contributed by atoms with Gasteiger partial charge in [0.25, 0.3) is 5.91 Å². The smallest absolute Gasteiger partial charge is 0.257 e. The molecule has 3 N–H and O–H groups in total. The lowest BCUT2D eigenvalue weighted by Crippen LogP contribution is -2.40. The Hall–Kier alpha value is -4.01. The maximum atomic E-state index is 13.8. The highest BCUT2D eigenvalue weighted by molar-refractivity contribution is 6.38. The average Bonchev–Trinajstić information content (AvgIpc) is 3.50. The van der Waals surface area contributed by atoms with Gasteiger partial charge in [0.15, 0.2) is 0 Å². The number of methoxy groups -OCH3 is 1. The molecule has 0 atom stereocenters. The molecule has 1 aromatic heterocycles. The number of aromatic nitrogens is 2. The number of aromatic amines is 1. The number of ether oxygens (including phenoxy) is 1. The van der Waals surface area contributed by atoms with E-state index in [-0.39, 0.29) is 11.7 Å². The summed E-state index contributed by atoms with van der Waals surface area (Å²) in [6.07, 6.45) is 2.08. The van der Waals surface area contributed by atoms with Crippen LogP contribution in [-0.2, 0) is 9.53 Å². The first-order valence-electron chi connectivity index (χ1n) is 13.0. The van der Waals surface area contributed by atoms with E-state index in [0.29, 0.717) is 28.6 Å². The van der Waals surface area contributed by atoms with E-state index in [0.717, 1.165) is 67.1 Å². The van der Waals surface area contributed by atoms with E-state index < -0.39 is 0 Å². The van der Waals surface area contributed by atoms with Crippen LogP contribution in [0.3, 0.4) is 0 Å². The predicted molar refractivity (Wildman–Crippen MR) is 148 cm³/mol. The summed E-state index contributed by atoms with van der Waals surface area (Å²) in [5.41, 5.74) is 6.06. The number of amides is 1. The maximum Gasteiger partial charge on any atom is 0.257 e. The Morgan fingerprint density at radius 2 is 1.89 bits per heavy atom. The number of carbonyl (C=O) groups excluding carboxylic acids is 1. The zero-order valence-electron chi connectivity index (χ0n) is 21.3. The highest BCUT2D eigenvalue weighted by atomic mass is 19.1. The molecule has 194 valence electrons. The maximum absolute atomic E-state index is 13.8. The quantitative estimate of drug-likeness (QED) is 0.300. The minimum absolute atomic E-state index is 0.205. The Morgan fingerprint density at radius 3 is 2.66 bits per heavy atom. The highest BCUT2D eigenvalue weighted by Gasteiger charge is 2.31. The number of fused-ring (bicyclic) bond motifs is 2. The summed E-state index contributed by atoms with van der Waals surface area (Å²) in [5.74, 6) is 0.0275. The third-order valence-corrected chi connectivity index (χ3v) is 7.34. The van der Waals surface area contributed by atoms with Crippen molar-refractivity contribution in [3.8, 4) is 0 Å². The minimum Gasteiger partial charge on any atom is -0.383 e. The molecule has 4 aromatic rings. The molecule has 2 aliphatic rings. The Balaban J connectivity index is 1.37. The van der Waals surface area contributed by atoms with Gasteiger partial charge in [0.1, 0.15) is 11.6 Å².